The van der Waals surface area contributed by atoms with Gasteiger partial charge in [-0.15, -0.1) is 0 Å². The van der Waals surface area contributed by atoms with Gasteiger partial charge in [0.15, 0.2) is 0 Å². The van der Waals surface area contributed by atoms with Gasteiger partial charge in [-0.3, -0.25) is 4.99 Å². The van der Waals surface area contributed by atoms with Crippen molar-refractivity contribution in [3.05, 3.63) is 34.8 Å². The number of nitrogens with zero attached hydrogens (tertiary/aromatic N) is 1. The van der Waals surface area contributed by atoms with Gasteiger partial charge in [0.2, 0.25) is 0 Å². The van der Waals surface area contributed by atoms with Gasteiger partial charge in [-0.2, -0.15) is 0 Å². The highest BCUT2D eigenvalue weighted by atomic mass is 79.9. The Morgan fingerprint density at radius 2 is 2.00 bits per heavy atom. The maximum atomic E-state index is 9.16. The van der Waals surface area contributed by atoms with E-state index < -0.39 is 0 Å². The first-order valence-electron chi connectivity index (χ1n) is 4.29. The molecule has 0 heterocycles. The molecule has 0 radical (unpaired) electrons. The van der Waals surface area contributed by atoms with E-state index in [9.17, 15) is 0 Å². The van der Waals surface area contributed by atoms with E-state index in [0.29, 0.717) is 11.3 Å². The second-order valence-corrected chi connectivity index (χ2v) is 3.18. The number of aliphatic hydroxyl groups is 1. The van der Waals surface area contributed by atoms with Crippen molar-refractivity contribution in [2.45, 2.75) is 13.8 Å². The molecule has 1 rings (SSSR count). The third-order valence-electron chi connectivity index (χ3n) is 1.44. The smallest absolute Gasteiger partial charge is 0.117 e. The van der Waals surface area contributed by atoms with Gasteiger partial charge in [-0.05, 0) is 24.9 Å². The van der Waals surface area contributed by atoms with Gasteiger partial charge in [0, 0.05) is 10.0 Å². The fourth-order valence-corrected chi connectivity index (χ4v) is 1.24. The lowest BCUT2D eigenvalue weighted by Crippen LogP contribution is -1.81. The van der Waals surface area contributed by atoms with Gasteiger partial charge >= 0.3 is 0 Å². The Kier molecular flexibility index (Phi) is 5.88. The van der Waals surface area contributed by atoms with Crippen LogP contribution in [0.15, 0.2) is 34.2 Å². The molecule has 0 unspecified atom stereocenters. The maximum Gasteiger partial charge on any atom is 0.117 e. The third kappa shape index (κ3) is 3.34. The highest BCUT2D eigenvalue weighted by molar-refractivity contribution is 9.10. The number of halogens is 1. The minimum absolute atomic E-state index is 0.00120. The SMILES string of the molecule is C=Nc1ccc(Br)cc1C(=C)O.CC. The summed E-state index contributed by atoms with van der Waals surface area (Å²) in [5.74, 6) is -0.00120. The zero-order valence-corrected chi connectivity index (χ0v) is 10.0. The second kappa shape index (κ2) is 6.38. The predicted molar refractivity (Wildman–Crippen MR) is 66.4 cm³/mol. The highest BCUT2D eigenvalue weighted by Crippen LogP contribution is 2.26. The Morgan fingerprint density at radius 1 is 1.43 bits per heavy atom. The van der Waals surface area contributed by atoms with Crippen molar-refractivity contribution >= 4 is 34.1 Å². The topological polar surface area (TPSA) is 32.6 Å². The summed E-state index contributed by atoms with van der Waals surface area (Å²) >= 11 is 3.28. The molecule has 76 valence electrons. The van der Waals surface area contributed by atoms with Crippen molar-refractivity contribution in [3.8, 4) is 0 Å². The van der Waals surface area contributed by atoms with Crippen molar-refractivity contribution < 1.29 is 5.11 Å². The van der Waals surface area contributed by atoms with Crippen LogP contribution < -0.4 is 0 Å². The first-order chi connectivity index (χ1) is 6.65. The molecule has 0 amide bonds. The summed E-state index contributed by atoms with van der Waals surface area (Å²) in [4.78, 5) is 3.74. The number of benzene rings is 1. The zero-order valence-electron chi connectivity index (χ0n) is 8.42. The summed E-state index contributed by atoms with van der Waals surface area (Å²) in [5.41, 5.74) is 1.23. The minimum Gasteiger partial charge on any atom is -0.508 e. The number of rotatable bonds is 2. The molecule has 0 fully saturated rings. The Morgan fingerprint density at radius 3 is 2.43 bits per heavy atom. The fourth-order valence-electron chi connectivity index (χ4n) is 0.877. The van der Waals surface area contributed by atoms with Crippen LogP contribution in [0, 0.1) is 0 Å². The van der Waals surface area contributed by atoms with Crippen molar-refractivity contribution in [1.29, 1.82) is 0 Å². The lowest BCUT2D eigenvalue weighted by atomic mass is 10.1. The van der Waals surface area contributed by atoms with Crippen LogP contribution >= 0.6 is 15.9 Å². The van der Waals surface area contributed by atoms with Crippen LogP contribution in [0.1, 0.15) is 19.4 Å². The normalized spacial score (nSPS) is 8.50. The standard InChI is InChI=1S/C9H8BrNO.C2H6/c1-6(12)8-5-7(10)3-4-9(8)11-2;1-2/h3-5,12H,1-2H2;1-2H3. The Labute approximate surface area is 93.1 Å². The Bertz CT molecular complexity index is 334. The molecule has 0 aliphatic carbocycles. The van der Waals surface area contributed by atoms with Crippen LogP contribution in [0.5, 0.6) is 0 Å². The van der Waals surface area contributed by atoms with E-state index in [2.05, 4.69) is 34.2 Å². The maximum absolute atomic E-state index is 9.16. The number of aliphatic hydroxyl groups excluding tert-OH is 1. The molecule has 1 aromatic carbocycles. The molecule has 2 nitrogen and oxygen atoms in total. The van der Waals surface area contributed by atoms with Gasteiger partial charge < -0.3 is 5.11 Å². The van der Waals surface area contributed by atoms with E-state index in [0.717, 1.165) is 4.47 Å². The Hall–Kier alpha value is -1.09. The lowest BCUT2D eigenvalue weighted by molar-refractivity contribution is 0.514. The minimum atomic E-state index is -0.00120. The molecule has 0 saturated heterocycles. The van der Waals surface area contributed by atoms with Gasteiger partial charge in [-0.25, -0.2) is 0 Å². The van der Waals surface area contributed by atoms with Crippen LogP contribution in [0.4, 0.5) is 5.69 Å². The fraction of sp³-hybridized carbons (Fsp3) is 0.182. The molecular formula is C11H14BrNO. The first kappa shape index (κ1) is 12.9. The first-order valence-corrected chi connectivity index (χ1v) is 5.09. The van der Waals surface area contributed by atoms with Crippen LogP contribution in [0.3, 0.4) is 0 Å². The molecule has 1 aromatic rings. The molecule has 14 heavy (non-hydrogen) atoms. The average molecular weight is 256 g/mol. The monoisotopic (exact) mass is 255 g/mol. The molecule has 0 atom stereocenters. The number of hydrogen-bond acceptors (Lipinski definition) is 2. The molecule has 0 aliphatic rings. The Balaban J connectivity index is 0.000000791. The van der Waals surface area contributed by atoms with Gasteiger partial charge in [-0.1, -0.05) is 36.4 Å². The third-order valence-corrected chi connectivity index (χ3v) is 1.93. The summed E-state index contributed by atoms with van der Waals surface area (Å²) < 4.78 is 0.875. The lowest BCUT2D eigenvalue weighted by Gasteiger charge is -2.03. The van der Waals surface area contributed by atoms with Gasteiger partial charge in [0.25, 0.3) is 0 Å². The summed E-state index contributed by atoms with van der Waals surface area (Å²) in [6.45, 7) is 10.8. The van der Waals surface area contributed by atoms with Gasteiger partial charge in [0.1, 0.15) is 5.76 Å². The van der Waals surface area contributed by atoms with Crippen LogP contribution in [0.2, 0.25) is 0 Å². The van der Waals surface area contributed by atoms with E-state index in [1.54, 1.807) is 12.1 Å². The molecule has 1 N–H and O–H groups in total. The molecule has 0 saturated carbocycles. The second-order valence-electron chi connectivity index (χ2n) is 2.27. The van der Waals surface area contributed by atoms with E-state index in [-0.39, 0.29) is 5.76 Å². The number of hydrogen-bond donors (Lipinski definition) is 1. The summed E-state index contributed by atoms with van der Waals surface area (Å²) in [5, 5.41) is 9.16. The van der Waals surface area contributed by atoms with Crippen molar-refractivity contribution in [1.82, 2.24) is 0 Å². The van der Waals surface area contributed by atoms with E-state index in [1.165, 1.54) is 0 Å². The molecule has 0 aliphatic heterocycles. The largest absolute Gasteiger partial charge is 0.508 e. The molecule has 0 aromatic heterocycles. The van der Waals surface area contributed by atoms with Crippen LogP contribution in [0.25, 0.3) is 5.76 Å². The molecule has 0 spiro atoms. The highest BCUT2D eigenvalue weighted by Gasteiger charge is 2.03. The van der Waals surface area contributed by atoms with E-state index >= 15 is 0 Å². The number of aliphatic imine (C=N–C) groups is 1. The molecule has 3 heteroatoms. The predicted octanol–water partition coefficient (Wildman–Crippen LogP) is 4.34. The van der Waals surface area contributed by atoms with E-state index in [4.69, 9.17) is 5.11 Å². The van der Waals surface area contributed by atoms with Crippen molar-refractivity contribution in [2.75, 3.05) is 0 Å². The zero-order chi connectivity index (χ0) is 11.1. The summed E-state index contributed by atoms with van der Waals surface area (Å²) in [7, 11) is 0. The summed E-state index contributed by atoms with van der Waals surface area (Å²) in [6, 6.07) is 5.33. The van der Waals surface area contributed by atoms with Crippen molar-refractivity contribution in [3.63, 3.8) is 0 Å². The quantitative estimate of drug-likeness (QED) is 0.619. The molecular weight excluding hydrogens is 242 g/mol. The van der Waals surface area contributed by atoms with Crippen LogP contribution in [-0.2, 0) is 0 Å². The van der Waals surface area contributed by atoms with Crippen LogP contribution in [-0.4, -0.2) is 11.8 Å². The van der Waals surface area contributed by atoms with Gasteiger partial charge in [0.05, 0.1) is 5.69 Å². The average Bonchev–Trinajstić information content (AvgIpc) is 2.20. The summed E-state index contributed by atoms with van der Waals surface area (Å²) in [6.07, 6.45) is 0. The van der Waals surface area contributed by atoms with E-state index in [1.807, 2.05) is 19.9 Å². The van der Waals surface area contributed by atoms with Crippen molar-refractivity contribution in [2.24, 2.45) is 4.99 Å². The molecule has 0 bridgehead atoms.